The Kier molecular flexibility index (Phi) is 6.87. The lowest BCUT2D eigenvalue weighted by molar-refractivity contribution is -0.137. The Morgan fingerprint density at radius 3 is 2.41 bits per heavy atom. The van der Waals surface area contributed by atoms with Gasteiger partial charge in [-0.2, -0.15) is 22.0 Å². The van der Waals surface area contributed by atoms with Crippen LogP contribution in [0.4, 0.5) is 27.6 Å². The molecule has 1 amide bonds. The van der Waals surface area contributed by atoms with Crippen molar-refractivity contribution in [2.75, 3.05) is 11.2 Å². The zero-order valence-electron chi connectivity index (χ0n) is 16.3. The molecule has 1 heterocycles. The van der Waals surface area contributed by atoms with Crippen LogP contribution in [0.15, 0.2) is 53.7 Å². The summed E-state index contributed by atoms with van der Waals surface area (Å²) in [4.78, 5) is 12.4. The molecule has 3 rings (SSSR count). The molecule has 0 aliphatic heterocycles. The minimum absolute atomic E-state index is 0.0501. The van der Waals surface area contributed by atoms with Crippen molar-refractivity contribution >= 4 is 23.4 Å². The van der Waals surface area contributed by atoms with E-state index in [4.69, 9.17) is 5.84 Å². The number of nitrogens with two attached hydrogens (primary N) is 1. The zero-order valence-corrected chi connectivity index (χ0v) is 17.1. The SMILES string of the molecule is CC(Sc1nnc(-c2ccc(OC(F)F)cc2)n1N)C(=O)Nc1ccccc1C(F)(F)F. The highest BCUT2D eigenvalue weighted by molar-refractivity contribution is 8.00. The number of carbonyl (C=O) groups is 1. The maximum atomic E-state index is 13.1. The number of anilines is 1. The molecule has 32 heavy (non-hydrogen) atoms. The summed E-state index contributed by atoms with van der Waals surface area (Å²) in [6.45, 7) is -1.49. The highest BCUT2D eigenvalue weighted by Crippen LogP contribution is 2.35. The van der Waals surface area contributed by atoms with Crippen LogP contribution in [0.3, 0.4) is 0 Å². The number of nitrogen functional groups attached to an aromatic ring is 1. The van der Waals surface area contributed by atoms with Crippen molar-refractivity contribution in [3.63, 3.8) is 0 Å². The van der Waals surface area contributed by atoms with Gasteiger partial charge in [0.2, 0.25) is 11.1 Å². The molecule has 0 saturated carbocycles. The Morgan fingerprint density at radius 1 is 1.12 bits per heavy atom. The molecule has 0 aliphatic rings. The van der Waals surface area contributed by atoms with Crippen LogP contribution in [0.1, 0.15) is 12.5 Å². The van der Waals surface area contributed by atoms with Crippen LogP contribution >= 0.6 is 11.8 Å². The lowest BCUT2D eigenvalue weighted by Gasteiger charge is -2.16. The van der Waals surface area contributed by atoms with Crippen molar-refractivity contribution in [3.8, 4) is 17.1 Å². The second kappa shape index (κ2) is 9.42. The summed E-state index contributed by atoms with van der Waals surface area (Å²) in [5.74, 6) is 5.42. The van der Waals surface area contributed by atoms with Gasteiger partial charge < -0.3 is 15.9 Å². The maximum Gasteiger partial charge on any atom is 0.418 e. The molecule has 13 heteroatoms. The van der Waals surface area contributed by atoms with Gasteiger partial charge in [0.05, 0.1) is 16.5 Å². The summed E-state index contributed by atoms with van der Waals surface area (Å²) in [5, 5.41) is 9.33. The molecule has 0 bridgehead atoms. The van der Waals surface area contributed by atoms with E-state index in [-0.39, 0.29) is 22.4 Å². The molecule has 0 spiro atoms. The number of carbonyl (C=O) groups excluding carboxylic acids is 1. The van der Waals surface area contributed by atoms with Gasteiger partial charge in [0.15, 0.2) is 5.82 Å². The van der Waals surface area contributed by atoms with Crippen molar-refractivity contribution < 1.29 is 31.5 Å². The Labute approximate surface area is 182 Å². The van der Waals surface area contributed by atoms with Crippen molar-refractivity contribution in [2.24, 2.45) is 0 Å². The number of halogens is 5. The van der Waals surface area contributed by atoms with Crippen LogP contribution in [0.5, 0.6) is 5.75 Å². The zero-order chi connectivity index (χ0) is 23.5. The third-order valence-electron chi connectivity index (χ3n) is 4.14. The van der Waals surface area contributed by atoms with E-state index < -0.39 is 29.5 Å². The van der Waals surface area contributed by atoms with E-state index in [1.165, 1.54) is 43.3 Å². The molecule has 170 valence electrons. The number of ether oxygens (including phenoxy) is 1. The highest BCUT2D eigenvalue weighted by Gasteiger charge is 2.34. The number of nitrogens with one attached hydrogen (secondary N) is 1. The first-order chi connectivity index (χ1) is 15.1. The highest BCUT2D eigenvalue weighted by atomic mass is 32.2. The van der Waals surface area contributed by atoms with E-state index in [0.717, 1.165) is 28.6 Å². The van der Waals surface area contributed by atoms with Crippen molar-refractivity contribution in [2.45, 2.75) is 30.1 Å². The van der Waals surface area contributed by atoms with E-state index in [2.05, 4.69) is 20.3 Å². The Morgan fingerprint density at radius 2 is 1.78 bits per heavy atom. The predicted octanol–water partition coefficient (Wildman–Crippen LogP) is 4.40. The molecule has 0 aliphatic carbocycles. The van der Waals surface area contributed by atoms with Crippen molar-refractivity contribution in [3.05, 3.63) is 54.1 Å². The molecular formula is C19H16F5N5O2S. The summed E-state index contributed by atoms with van der Waals surface area (Å²) in [6.07, 6.45) is -4.62. The maximum absolute atomic E-state index is 13.1. The molecular weight excluding hydrogens is 457 g/mol. The molecule has 1 atom stereocenters. The van der Waals surface area contributed by atoms with E-state index in [9.17, 15) is 26.7 Å². The van der Waals surface area contributed by atoms with Gasteiger partial charge in [0.25, 0.3) is 0 Å². The molecule has 1 aromatic heterocycles. The Bertz CT molecular complexity index is 1090. The van der Waals surface area contributed by atoms with Gasteiger partial charge in [-0.1, -0.05) is 23.9 Å². The summed E-state index contributed by atoms with van der Waals surface area (Å²) < 4.78 is 69.2. The standard InChI is InChI=1S/C19H16F5N5O2S/c1-10(16(30)26-14-5-3-2-4-13(14)19(22,23)24)32-18-28-27-15(29(18)25)11-6-8-12(9-7-11)31-17(20)21/h2-10,17H,25H2,1H3,(H,26,30). The van der Waals surface area contributed by atoms with Crippen LogP contribution in [0.25, 0.3) is 11.4 Å². The lowest BCUT2D eigenvalue weighted by atomic mass is 10.1. The average molecular weight is 473 g/mol. The number of rotatable bonds is 7. The molecule has 0 saturated heterocycles. The van der Waals surface area contributed by atoms with Gasteiger partial charge in [0.1, 0.15) is 5.75 Å². The van der Waals surface area contributed by atoms with Gasteiger partial charge in [0, 0.05) is 5.56 Å². The molecule has 7 nitrogen and oxygen atoms in total. The molecule has 3 N–H and O–H groups in total. The van der Waals surface area contributed by atoms with Crippen LogP contribution in [0, 0.1) is 0 Å². The van der Waals surface area contributed by atoms with Gasteiger partial charge in [-0.05, 0) is 43.3 Å². The fraction of sp³-hybridized carbons (Fsp3) is 0.211. The number of alkyl halides is 5. The third-order valence-corrected chi connectivity index (χ3v) is 5.20. The molecule has 0 fully saturated rings. The lowest BCUT2D eigenvalue weighted by Crippen LogP contribution is -2.25. The molecule has 2 aromatic carbocycles. The van der Waals surface area contributed by atoms with Gasteiger partial charge in [-0.25, -0.2) is 4.68 Å². The van der Waals surface area contributed by atoms with Crippen molar-refractivity contribution in [1.82, 2.24) is 14.9 Å². The fourth-order valence-electron chi connectivity index (χ4n) is 2.63. The quantitative estimate of drug-likeness (QED) is 0.300. The number of aromatic nitrogens is 3. The van der Waals surface area contributed by atoms with Gasteiger partial charge in [-0.3, -0.25) is 4.79 Å². The minimum Gasteiger partial charge on any atom is -0.435 e. The molecule has 1 unspecified atom stereocenters. The second-order valence-electron chi connectivity index (χ2n) is 6.37. The summed E-state index contributed by atoms with van der Waals surface area (Å²) in [7, 11) is 0. The van der Waals surface area contributed by atoms with E-state index in [1.807, 2.05) is 0 Å². The van der Waals surface area contributed by atoms with Crippen LogP contribution in [-0.4, -0.2) is 32.6 Å². The monoisotopic (exact) mass is 473 g/mol. The number of para-hydroxylation sites is 1. The number of hydrogen-bond acceptors (Lipinski definition) is 6. The topological polar surface area (TPSA) is 95.1 Å². The summed E-state index contributed by atoms with van der Waals surface area (Å²) in [5.41, 5.74) is -0.878. The largest absolute Gasteiger partial charge is 0.435 e. The van der Waals surface area contributed by atoms with Crippen molar-refractivity contribution in [1.29, 1.82) is 0 Å². The van der Waals surface area contributed by atoms with Gasteiger partial charge >= 0.3 is 12.8 Å². The molecule has 3 aromatic rings. The first-order valence-electron chi connectivity index (χ1n) is 8.95. The number of nitrogens with zero attached hydrogens (tertiary/aromatic N) is 3. The second-order valence-corrected chi connectivity index (χ2v) is 7.68. The first-order valence-corrected chi connectivity index (χ1v) is 9.83. The molecule has 0 radical (unpaired) electrons. The average Bonchev–Trinajstić information content (AvgIpc) is 3.08. The number of hydrogen-bond donors (Lipinski definition) is 2. The van der Waals surface area contributed by atoms with E-state index in [0.29, 0.717) is 5.56 Å². The fourth-order valence-corrected chi connectivity index (χ4v) is 3.40. The van der Waals surface area contributed by atoms with Gasteiger partial charge in [-0.15, -0.1) is 10.2 Å². The van der Waals surface area contributed by atoms with Crippen LogP contribution < -0.4 is 15.9 Å². The van der Waals surface area contributed by atoms with E-state index >= 15 is 0 Å². The summed E-state index contributed by atoms with van der Waals surface area (Å²) >= 11 is 0.885. The number of amides is 1. The summed E-state index contributed by atoms with van der Waals surface area (Å²) in [6, 6.07) is 10.1. The Hall–Kier alpha value is -3.35. The van der Waals surface area contributed by atoms with Crippen LogP contribution in [0.2, 0.25) is 0 Å². The predicted molar refractivity (Wildman–Crippen MR) is 108 cm³/mol. The number of thioether (sulfide) groups is 1. The Balaban J connectivity index is 1.71. The van der Waals surface area contributed by atoms with Crippen LogP contribution in [-0.2, 0) is 11.0 Å². The smallest absolute Gasteiger partial charge is 0.418 e. The first kappa shape index (κ1) is 23.3. The van der Waals surface area contributed by atoms with E-state index in [1.54, 1.807) is 0 Å². The minimum atomic E-state index is -4.62. The number of benzene rings is 2. The third kappa shape index (κ3) is 5.46. The normalized spacial score (nSPS) is 12.6.